The molecule has 6 nitrogen and oxygen atoms in total. The summed E-state index contributed by atoms with van der Waals surface area (Å²) in [5, 5.41) is 7.35. The van der Waals surface area contributed by atoms with Crippen molar-refractivity contribution in [2.75, 3.05) is 0 Å². The van der Waals surface area contributed by atoms with Gasteiger partial charge in [-0.25, -0.2) is 8.42 Å². The van der Waals surface area contributed by atoms with Crippen LogP contribution in [-0.4, -0.2) is 27.9 Å². The summed E-state index contributed by atoms with van der Waals surface area (Å²) in [5.41, 5.74) is 1.78. The van der Waals surface area contributed by atoms with E-state index in [1.165, 1.54) is 4.31 Å². The van der Waals surface area contributed by atoms with Gasteiger partial charge in [0.2, 0.25) is 10.0 Å². The molecule has 0 amide bonds. The number of fused-ring (bicyclic) bond motifs is 7. The van der Waals surface area contributed by atoms with Crippen LogP contribution in [0.3, 0.4) is 0 Å². The number of sulfonamides is 1. The van der Waals surface area contributed by atoms with Crippen molar-refractivity contribution in [1.82, 2.24) is 19.5 Å². The van der Waals surface area contributed by atoms with Crippen LogP contribution in [0.1, 0.15) is 40.2 Å². The summed E-state index contributed by atoms with van der Waals surface area (Å²) in [6, 6.07) is 5.60. The van der Waals surface area contributed by atoms with E-state index in [9.17, 15) is 21.6 Å². The van der Waals surface area contributed by atoms with Gasteiger partial charge in [-0.15, -0.1) is 0 Å². The average molecular weight is 441 g/mol. The highest BCUT2D eigenvalue weighted by Gasteiger charge is 2.51. The number of aromatic nitrogens is 3. The van der Waals surface area contributed by atoms with Crippen LogP contribution < -0.4 is 0 Å². The number of benzene rings is 1. The summed E-state index contributed by atoms with van der Waals surface area (Å²) in [5.74, 6) is 0. The molecule has 3 aromatic rings. The Labute approximate surface area is 168 Å². The van der Waals surface area contributed by atoms with E-state index in [1.807, 2.05) is 6.07 Å². The fourth-order valence-corrected chi connectivity index (χ4v) is 6.09. The predicted octanol–water partition coefficient (Wildman–Crippen LogP) is 3.87. The molecule has 4 heterocycles. The van der Waals surface area contributed by atoms with Crippen LogP contribution in [0.15, 0.2) is 47.6 Å². The van der Waals surface area contributed by atoms with E-state index in [0.29, 0.717) is 28.6 Å². The second-order valence-electron chi connectivity index (χ2n) is 6.88. The minimum absolute atomic E-state index is 0.309. The molecule has 2 atom stereocenters. The topological polar surface area (TPSA) is 79.0 Å². The molecule has 1 N–H and O–H groups in total. The molecule has 0 radical (unpaired) electrons. The van der Waals surface area contributed by atoms with E-state index >= 15 is 0 Å². The van der Waals surface area contributed by atoms with Gasteiger partial charge in [0.1, 0.15) is 10.6 Å². The maximum atomic E-state index is 13.5. The number of nitrogens with one attached hydrogen (secondary N) is 1. The molecule has 0 spiro atoms. The molecule has 5 rings (SSSR count). The Morgan fingerprint density at radius 2 is 1.93 bits per heavy atom. The SMILES string of the molecule is O=S(=O)(c1ccc(C(F)(F)F)nc1)N1C2Cc3[nH]ncc3C1c1c(Cl)cccc12. The van der Waals surface area contributed by atoms with Gasteiger partial charge in [-0.2, -0.15) is 22.6 Å². The summed E-state index contributed by atoms with van der Waals surface area (Å²) >= 11 is 6.41. The summed E-state index contributed by atoms with van der Waals surface area (Å²) in [4.78, 5) is 3.00. The highest BCUT2D eigenvalue weighted by atomic mass is 35.5. The fourth-order valence-electron chi connectivity index (χ4n) is 4.11. The Balaban J connectivity index is 1.66. The summed E-state index contributed by atoms with van der Waals surface area (Å²) in [7, 11) is -4.16. The molecule has 0 saturated heterocycles. The zero-order chi connectivity index (χ0) is 20.6. The number of hydrogen-bond acceptors (Lipinski definition) is 4. The van der Waals surface area contributed by atoms with E-state index in [0.717, 1.165) is 23.5 Å². The number of rotatable bonds is 2. The van der Waals surface area contributed by atoms with Crippen LogP contribution in [0, 0.1) is 0 Å². The second-order valence-corrected chi connectivity index (χ2v) is 9.13. The number of alkyl halides is 3. The van der Waals surface area contributed by atoms with E-state index < -0.39 is 34.0 Å². The molecule has 0 aliphatic carbocycles. The lowest BCUT2D eigenvalue weighted by Crippen LogP contribution is -2.37. The largest absolute Gasteiger partial charge is 0.433 e. The Morgan fingerprint density at radius 1 is 1.14 bits per heavy atom. The molecule has 2 aliphatic rings. The third kappa shape index (κ3) is 2.62. The lowest BCUT2D eigenvalue weighted by atomic mass is 10.0. The average Bonchev–Trinajstić information content (AvgIpc) is 3.24. The quantitative estimate of drug-likeness (QED) is 0.656. The lowest BCUT2D eigenvalue weighted by molar-refractivity contribution is -0.141. The molecule has 150 valence electrons. The number of halogens is 4. The Kier molecular flexibility index (Phi) is 3.87. The van der Waals surface area contributed by atoms with Crippen molar-refractivity contribution in [1.29, 1.82) is 0 Å². The highest BCUT2D eigenvalue weighted by Crippen LogP contribution is 2.55. The van der Waals surface area contributed by atoms with E-state index in [4.69, 9.17) is 11.6 Å². The molecule has 0 fully saturated rings. The monoisotopic (exact) mass is 440 g/mol. The summed E-state index contributed by atoms with van der Waals surface area (Å²) < 4.78 is 66.6. The van der Waals surface area contributed by atoms with Crippen molar-refractivity contribution < 1.29 is 21.6 Å². The van der Waals surface area contributed by atoms with E-state index in [1.54, 1.807) is 18.3 Å². The van der Waals surface area contributed by atoms with Crippen molar-refractivity contribution in [3.05, 3.63) is 75.8 Å². The minimum Gasteiger partial charge on any atom is -0.282 e. The standard InChI is InChI=1S/C18H12ClF3N4O2S/c19-12-3-1-2-10-14-6-13-11(8-24-25-13)17(16(10)12)26(14)29(27,28)9-4-5-15(23-7-9)18(20,21)22/h1-5,7-8,14,17H,6H2,(H,24,25). The molecule has 2 bridgehead atoms. The van der Waals surface area contributed by atoms with Crippen LogP contribution in [-0.2, 0) is 22.6 Å². The molecule has 11 heteroatoms. The second kappa shape index (κ2) is 6.04. The molecule has 29 heavy (non-hydrogen) atoms. The van der Waals surface area contributed by atoms with Gasteiger partial charge in [0.25, 0.3) is 0 Å². The van der Waals surface area contributed by atoms with Gasteiger partial charge in [0, 0.05) is 28.9 Å². The Hall–Kier alpha value is -2.43. The summed E-state index contributed by atoms with van der Waals surface area (Å²) in [6.45, 7) is 0. The van der Waals surface area contributed by atoms with Crippen molar-refractivity contribution >= 4 is 21.6 Å². The molecule has 2 unspecified atom stereocenters. The zero-order valence-corrected chi connectivity index (χ0v) is 16.1. The van der Waals surface area contributed by atoms with Crippen LogP contribution in [0.4, 0.5) is 13.2 Å². The normalized spacial score (nSPS) is 21.1. The van der Waals surface area contributed by atoms with Gasteiger partial charge in [0.15, 0.2) is 0 Å². The molecule has 1 aromatic carbocycles. The van der Waals surface area contributed by atoms with Gasteiger partial charge < -0.3 is 0 Å². The van der Waals surface area contributed by atoms with Crippen LogP contribution in [0.25, 0.3) is 0 Å². The molecule has 2 aromatic heterocycles. The fraction of sp³-hybridized carbons (Fsp3) is 0.222. The van der Waals surface area contributed by atoms with Gasteiger partial charge in [-0.3, -0.25) is 10.1 Å². The van der Waals surface area contributed by atoms with E-state index in [-0.39, 0.29) is 4.90 Å². The van der Waals surface area contributed by atoms with Crippen molar-refractivity contribution in [2.24, 2.45) is 0 Å². The maximum Gasteiger partial charge on any atom is 0.433 e. The van der Waals surface area contributed by atoms with E-state index in [2.05, 4.69) is 15.2 Å². The molecular formula is C18H12ClF3N4O2S. The Morgan fingerprint density at radius 3 is 2.62 bits per heavy atom. The third-order valence-corrected chi connectivity index (χ3v) is 7.51. The number of hydrogen-bond donors (Lipinski definition) is 1. The van der Waals surface area contributed by atoms with Crippen LogP contribution in [0.5, 0.6) is 0 Å². The first kappa shape index (κ1) is 18.6. The zero-order valence-electron chi connectivity index (χ0n) is 14.5. The lowest BCUT2D eigenvalue weighted by Gasteiger charge is -2.33. The molecule has 2 aliphatic heterocycles. The third-order valence-electron chi connectivity index (χ3n) is 5.33. The van der Waals surface area contributed by atoms with Gasteiger partial charge in [-0.05, 0) is 29.3 Å². The van der Waals surface area contributed by atoms with Gasteiger partial charge >= 0.3 is 6.18 Å². The van der Waals surface area contributed by atoms with Crippen molar-refractivity contribution in [2.45, 2.75) is 29.6 Å². The minimum atomic E-state index is -4.65. The first-order valence-corrected chi connectivity index (χ1v) is 10.4. The number of pyridine rings is 1. The maximum absolute atomic E-state index is 13.5. The summed E-state index contributed by atoms with van der Waals surface area (Å²) in [6.07, 6.45) is -1.99. The first-order chi connectivity index (χ1) is 13.7. The molecular weight excluding hydrogens is 429 g/mol. The number of nitrogens with zero attached hydrogens (tertiary/aromatic N) is 3. The smallest absolute Gasteiger partial charge is 0.282 e. The van der Waals surface area contributed by atoms with Crippen molar-refractivity contribution in [3.8, 4) is 0 Å². The van der Waals surface area contributed by atoms with Gasteiger partial charge in [-0.1, -0.05) is 23.7 Å². The first-order valence-electron chi connectivity index (χ1n) is 8.57. The predicted molar refractivity (Wildman–Crippen MR) is 96.6 cm³/mol. The van der Waals surface area contributed by atoms with Gasteiger partial charge in [0.05, 0.1) is 18.3 Å². The molecule has 0 saturated carbocycles. The van der Waals surface area contributed by atoms with Crippen LogP contribution in [0.2, 0.25) is 5.02 Å². The number of H-pyrrole nitrogens is 1. The van der Waals surface area contributed by atoms with Crippen LogP contribution >= 0.6 is 11.6 Å². The highest BCUT2D eigenvalue weighted by molar-refractivity contribution is 7.89. The Bertz CT molecular complexity index is 1220. The number of aromatic amines is 1. The van der Waals surface area contributed by atoms with Crippen molar-refractivity contribution in [3.63, 3.8) is 0 Å².